The van der Waals surface area contributed by atoms with Crippen LogP contribution in [-0.2, 0) is 19.4 Å². The lowest BCUT2D eigenvalue weighted by atomic mass is 10.1. The molecule has 0 aromatic heterocycles. The van der Waals surface area contributed by atoms with Crippen LogP contribution in [0.15, 0.2) is 24.3 Å². The van der Waals surface area contributed by atoms with Gasteiger partial charge in [-0.2, -0.15) is 5.26 Å². The Bertz CT molecular complexity index is 719. The highest BCUT2D eigenvalue weighted by molar-refractivity contribution is 7.91. The first kappa shape index (κ1) is 16.0. The molecule has 7 nitrogen and oxygen atoms in total. The number of carbonyl (C=O) groups excluding carboxylic acids is 2. The van der Waals surface area contributed by atoms with Crippen molar-refractivity contribution in [1.29, 1.82) is 5.26 Å². The van der Waals surface area contributed by atoms with Crippen molar-refractivity contribution in [2.75, 3.05) is 18.1 Å². The minimum absolute atomic E-state index is 0.0585. The van der Waals surface area contributed by atoms with E-state index in [1.807, 2.05) is 6.07 Å². The first-order chi connectivity index (χ1) is 10.4. The molecular weight excluding hydrogens is 308 g/mol. The Morgan fingerprint density at radius 2 is 2.00 bits per heavy atom. The van der Waals surface area contributed by atoms with E-state index in [4.69, 9.17) is 10.00 Å². The fourth-order valence-electron chi connectivity index (χ4n) is 2.07. The average molecular weight is 322 g/mol. The van der Waals surface area contributed by atoms with Crippen LogP contribution in [0, 0.1) is 11.3 Å². The van der Waals surface area contributed by atoms with Gasteiger partial charge in [-0.15, -0.1) is 0 Å². The fraction of sp³-hybridized carbons (Fsp3) is 0.357. The lowest BCUT2D eigenvalue weighted by Gasteiger charge is -2.11. The smallest absolute Gasteiger partial charge is 0.338 e. The number of rotatable bonds is 4. The van der Waals surface area contributed by atoms with Crippen molar-refractivity contribution in [3.63, 3.8) is 0 Å². The van der Waals surface area contributed by atoms with Crippen molar-refractivity contribution in [1.82, 2.24) is 5.32 Å². The summed E-state index contributed by atoms with van der Waals surface area (Å²) >= 11 is 0. The number of benzene rings is 1. The number of ether oxygens (including phenoxy) is 1. The summed E-state index contributed by atoms with van der Waals surface area (Å²) in [5.41, 5.74) is 0.645. The van der Waals surface area contributed by atoms with Crippen LogP contribution in [0.2, 0.25) is 0 Å². The topological polar surface area (TPSA) is 113 Å². The van der Waals surface area contributed by atoms with Crippen LogP contribution < -0.4 is 5.32 Å². The largest absolute Gasteiger partial charge is 0.452 e. The molecule has 116 valence electrons. The molecule has 1 aliphatic heterocycles. The predicted molar refractivity (Wildman–Crippen MR) is 76.6 cm³/mol. The molecule has 1 amide bonds. The zero-order valence-electron chi connectivity index (χ0n) is 11.6. The molecular formula is C14H14N2O5S. The Labute approximate surface area is 127 Å². The standard InChI is InChI=1S/C14H14N2O5S/c15-7-10-1-3-11(4-2-10)14(18)21-8-13(17)16-12-5-6-22(19,20)9-12/h1-4,12H,5-6,8-9H2,(H,16,17)/t12-/m1/s1. The van der Waals surface area contributed by atoms with Crippen molar-refractivity contribution in [2.24, 2.45) is 0 Å². The van der Waals surface area contributed by atoms with Gasteiger partial charge in [0.05, 0.1) is 28.7 Å². The lowest BCUT2D eigenvalue weighted by molar-refractivity contribution is -0.124. The van der Waals surface area contributed by atoms with Crippen LogP contribution in [0.4, 0.5) is 0 Å². The number of carbonyl (C=O) groups is 2. The number of esters is 1. The van der Waals surface area contributed by atoms with E-state index < -0.39 is 34.4 Å². The molecule has 1 saturated heterocycles. The molecule has 1 aromatic carbocycles. The number of hydrogen-bond acceptors (Lipinski definition) is 6. The first-order valence-corrected chi connectivity index (χ1v) is 8.39. The molecule has 22 heavy (non-hydrogen) atoms. The van der Waals surface area contributed by atoms with E-state index in [0.29, 0.717) is 12.0 Å². The molecule has 0 aliphatic carbocycles. The van der Waals surface area contributed by atoms with Gasteiger partial charge in [0.2, 0.25) is 0 Å². The molecule has 1 aliphatic rings. The molecule has 0 spiro atoms. The van der Waals surface area contributed by atoms with Crippen LogP contribution >= 0.6 is 0 Å². The van der Waals surface area contributed by atoms with Crippen molar-refractivity contribution < 1.29 is 22.7 Å². The maximum atomic E-state index is 11.7. The van der Waals surface area contributed by atoms with Gasteiger partial charge in [-0.25, -0.2) is 13.2 Å². The highest BCUT2D eigenvalue weighted by atomic mass is 32.2. The number of amides is 1. The Balaban J connectivity index is 1.80. The normalized spacial score (nSPS) is 19.1. The highest BCUT2D eigenvalue weighted by Crippen LogP contribution is 2.11. The molecule has 0 unspecified atom stereocenters. The number of nitrogens with one attached hydrogen (secondary N) is 1. The summed E-state index contributed by atoms with van der Waals surface area (Å²) in [6.45, 7) is -0.477. The second kappa shape index (κ2) is 6.58. The van der Waals surface area contributed by atoms with Gasteiger partial charge in [-0.3, -0.25) is 4.79 Å². The number of nitriles is 1. The van der Waals surface area contributed by atoms with Gasteiger partial charge >= 0.3 is 5.97 Å². The van der Waals surface area contributed by atoms with Gasteiger partial charge in [0.1, 0.15) is 0 Å². The average Bonchev–Trinajstić information content (AvgIpc) is 2.83. The zero-order valence-corrected chi connectivity index (χ0v) is 12.4. The predicted octanol–water partition coefficient (Wildman–Crippen LogP) is 0.0184. The van der Waals surface area contributed by atoms with Gasteiger partial charge < -0.3 is 10.1 Å². The molecule has 0 bridgehead atoms. The van der Waals surface area contributed by atoms with E-state index in [-0.39, 0.29) is 17.1 Å². The summed E-state index contributed by atoms with van der Waals surface area (Å²) in [4.78, 5) is 23.3. The van der Waals surface area contributed by atoms with Gasteiger partial charge in [0.25, 0.3) is 5.91 Å². The highest BCUT2D eigenvalue weighted by Gasteiger charge is 2.29. The summed E-state index contributed by atoms with van der Waals surface area (Å²) in [7, 11) is -3.07. The third-order valence-electron chi connectivity index (χ3n) is 3.18. The van der Waals surface area contributed by atoms with Gasteiger partial charge in [0.15, 0.2) is 16.4 Å². The van der Waals surface area contributed by atoms with Crippen LogP contribution in [0.3, 0.4) is 0 Å². The van der Waals surface area contributed by atoms with Crippen LogP contribution in [0.1, 0.15) is 22.3 Å². The quantitative estimate of drug-likeness (QED) is 0.782. The number of nitrogens with zero attached hydrogens (tertiary/aromatic N) is 1. The summed E-state index contributed by atoms with van der Waals surface area (Å²) in [6, 6.07) is 7.31. The summed E-state index contributed by atoms with van der Waals surface area (Å²) in [6.07, 6.45) is 0.373. The van der Waals surface area contributed by atoms with Gasteiger partial charge in [-0.05, 0) is 30.7 Å². The van der Waals surface area contributed by atoms with Crippen molar-refractivity contribution in [3.05, 3.63) is 35.4 Å². The molecule has 1 heterocycles. The molecule has 2 rings (SSSR count). The minimum Gasteiger partial charge on any atom is -0.452 e. The van der Waals surface area contributed by atoms with Crippen molar-refractivity contribution >= 4 is 21.7 Å². The minimum atomic E-state index is -3.07. The molecule has 0 radical (unpaired) electrons. The van der Waals surface area contributed by atoms with Crippen LogP contribution in [0.5, 0.6) is 0 Å². The molecule has 8 heteroatoms. The van der Waals surface area contributed by atoms with E-state index in [9.17, 15) is 18.0 Å². The van der Waals surface area contributed by atoms with E-state index in [0.717, 1.165) is 0 Å². The van der Waals surface area contributed by atoms with E-state index >= 15 is 0 Å². The lowest BCUT2D eigenvalue weighted by Crippen LogP contribution is -2.38. The van der Waals surface area contributed by atoms with Crippen LogP contribution in [-0.4, -0.2) is 44.4 Å². The van der Waals surface area contributed by atoms with Gasteiger partial charge in [-0.1, -0.05) is 0 Å². The fourth-order valence-corrected chi connectivity index (χ4v) is 3.75. The Kier molecular flexibility index (Phi) is 4.78. The second-order valence-electron chi connectivity index (χ2n) is 4.93. The van der Waals surface area contributed by atoms with Crippen molar-refractivity contribution in [2.45, 2.75) is 12.5 Å². The molecule has 1 N–H and O–H groups in total. The molecule has 1 atom stereocenters. The monoisotopic (exact) mass is 322 g/mol. The Hall–Kier alpha value is -2.40. The molecule has 1 aromatic rings. The van der Waals surface area contributed by atoms with Crippen LogP contribution in [0.25, 0.3) is 0 Å². The third kappa shape index (κ3) is 4.30. The van der Waals surface area contributed by atoms with Crippen molar-refractivity contribution in [3.8, 4) is 6.07 Å². The maximum absolute atomic E-state index is 11.7. The maximum Gasteiger partial charge on any atom is 0.338 e. The SMILES string of the molecule is N#Cc1ccc(C(=O)OCC(=O)N[C@@H]2CCS(=O)(=O)C2)cc1. The zero-order chi connectivity index (χ0) is 16.2. The Morgan fingerprint density at radius 3 is 2.55 bits per heavy atom. The molecule has 1 fully saturated rings. The third-order valence-corrected chi connectivity index (χ3v) is 4.95. The van der Waals surface area contributed by atoms with E-state index in [2.05, 4.69) is 5.32 Å². The number of hydrogen-bond donors (Lipinski definition) is 1. The number of sulfone groups is 1. The van der Waals surface area contributed by atoms with Gasteiger partial charge in [0, 0.05) is 6.04 Å². The van der Waals surface area contributed by atoms with E-state index in [1.54, 1.807) is 0 Å². The second-order valence-corrected chi connectivity index (χ2v) is 7.16. The first-order valence-electron chi connectivity index (χ1n) is 6.57. The summed E-state index contributed by atoms with van der Waals surface area (Å²) in [5.74, 6) is -1.24. The summed E-state index contributed by atoms with van der Waals surface area (Å²) in [5, 5.41) is 11.2. The molecule has 0 saturated carbocycles. The summed E-state index contributed by atoms with van der Waals surface area (Å²) < 4.78 is 27.4. The van der Waals surface area contributed by atoms with E-state index in [1.165, 1.54) is 24.3 Å². The Morgan fingerprint density at radius 1 is 1.32 bits per heavy atom.